The Morgan fingerprint density at radius 3 is 1.24 bits per heavy atom. The first kappa shape index (κ1) is 73.2. The number of nitrogen functional groups attached to an aromatic ring is 4. The average Bonchev–Trinajstić information content (AvgIpc) is 1.67. The highest BCUT2D eigenvalue weighted by atomic mass is 16.2. The summed E-state index contributed by atoms with van der Waals surface area (Å²) in [5.74, 6) is 1.26. The van der Waals surface area contributed by atoms with Gasteiger partial charge in [0.05, 0.1) is 67.3 Å². The van der Waals surface area contributed by atoms with E-state index in [-0.39, 0.29) is 23.6 Å². The highest BCUT2D eigenvalue weighted by molar-refractivity contribution is 5.97. The number of nitrogens with one attached hydrogen (secondary N) is 4. The van der Waals surface area contributed by atoms with Crippen molar-refractivity contribution in [2.45, 2.75) is 52.0 Å². The molecule has 32 nitrogen and oxygen atoms in total. The predicted octanol–water partition coefficient (Wildman–Crippen LogP) is 5.14. The second-order valence-electron chi connectivity index (χ2n) is 25.4. The highest BCUT2D eigenvalue weighted by Crippen LogP contribution is 2.31. The van der Waals surface area contributed by atoms with Crippen LogP contribution in [-0.2, 0) is 0 Å². The third-order valence-electron chi connectivity index (χ3n) is 18.0. The minimum Gasteiger partial charge on any atom is -0.382 e. The first-order valence-electron chi connectivity index (χ1n) is 34.6. The van der Waals surface area contributed by atoms with E-state index in [0.717, 1.165) is 65.1 Å². The molecule has 0 radical (unpaired) electrons. The van der Waals surface area contributed by atoms with E-state index in [1.165, 1.54) is 23.6 Å². The van der Waals surface area contributed by atoms with Crippen LogP contribution in [0.3, 0.4) is 0 Å². The van der Waals surface area contributed by atoms with Crippen molar-refractivity contribution in [3.05, 3.63) is 169 Å². The lowest BCUT2D eigenvalue weighted by molar-refractivity contribution is 0.0777. The largest absolute Gasteiger partial charge is 0.382 e. The van der Waals surface area contributed by atoms with E-state index < -0.39 is 0 Å². The molecule has 2 aliphatic heterocycles. The fourth-order valence-electron chi connectivity index (χ4n) is 12.2. The zero-order chi connectivity index (χ0) is 73.2. The summed E-state index contributed by atoms with van der Waals surface area (Å²) in [6, 6.07) is 22.8. The molecule has 0 bridgehead atoms. The fraction of sp³-hybridized carbons (Fsp3) is 0.333. The molecule has 1 atom stereocenters. The van der Waals surface area contributed by atoms with Gasteiger partial charge in [-0.2, -0.15) is 0 Å². The summed E-state index contributed by atoms with van der Waals surface area (Å²) in [6.07, 6.45) is 25.1. The zero-order valence-electron chi connectivity index (χ0n) is 59.2. The van der Waals surface area contributed by atoms with Crippen LogP contribution in [0.25, 0.3) is 67.6 Å². The van der Waals surface area contributed by atoms with Gasteiger partial charge in [-0.05, 0) is 140 Å². The molecule has 2 fully saturated rings. The lowest BCUT2D eigenvalue weighted by atomic mass is 9.98. The van der Waals surface area contributed by atoms with Gasteiger partial charge in [-0.25, -0.2) is 38.0 Å². The Bertz CT molecular complexity index is 4860. The number of anilines is 4. The Kier molecular flexibility index (Phi) is 24.3. The van der Waals surface area contributed by atoms with E-state index in [9.17, 15) is 19.2 Å². The molecule has 12 N–H and O–H groups in total. The zero-order valence-corrected chi connectivity index (χ0v) is 59.2. The molecule has 0 aromatic carbocycles. The Balaban J connectivity index is 0.000000139. The van der Waals surface area contributed by atoms with Gasteiger partial charge in [0.15, 0.2) is 45.9 Å². The lowest BCUT2D eigenvalue weighted by Crippen LogP contribution is -2.36. The Morgan fingerprint density at radius 2 is 0.875 bits per heavy atom. The third kappa shape index (κ3) is 17.8. The summed E-state index contributed by atoms with van der Waals surface area (Å²) in [4.78, 5) is 93.0. The lowest BCUT2D eigenvalue weighted by Gasteiger charge is -2.23. The number of likely N-dealkylation sites (tertiary alicyclic amines) is 1. The number of nitrogens with zero attached hydrogens (tertiary/aromatic N) is 20. The van der Waals surface area contributed by atoms with Gasteiger partial charge in [0.1, 0.15) is 0 Å². The summed E-state index contributed by atoms with van der Waals surface area (Å²) in [5.41, 5.74) is 33.8. The van der Waals surface area contributed by atoms with Crippen molar-refractivity contribution >= 4 is 69.5 Å². The maximum absolute atomic E-state index is 12.7. The first-order chi connectivity index (χ1) is 50.5. The van der Waals surface area contributed by atoms with Crippen molar-refractivity contribution in [3.63, 3.8) is 0 Å². The molecule has 1 unspecified atom stereocenters. The molecular formula is C72H88N28O4. The summed E-state index contributed by atoms with van der Waals surface area (Å²) in [5, 5.41) is 29.3. The van der Waals surface area contributed by atoms with Gasteiger partial charge in [0.2, 0.25) is 0 Å². The van der Waals surface area contributed by atoms with Crippen molar-refractivity contribution in [3.8, 4) is 45.0 Å². The number of aromatic nitrogens is 16. The van der Waals surface area contributed by atoms with Crippen molar-refractivity contribution in [2.75, 3.05) is 123 Å². The number of rotatable bonds is 21. The molecule has 540 valence electrons. The number of carbonyl (C=O) groups is 4. The van der Waals surface area contributed by atoms with Crippen molar-refractivity contribution in [1.82, 2.24) is 119 Å². The number of fused-ring (bicyclic) bond motifs is 4. The van der Waals surface area contributed by atoms with Gasteiger partial charge in [-0.1, -0.05) is 38.1 Å². The monoisotopic (exact) mass is 1410 g/mol. The molecular weight excluding hydrogens is 1320 g/mol. The normalized spacial score (nSPS) is 13.8. The molecule has 0 aliphatic carbocycles. The van der Waals surface area contributed by atoms with Crippen molar-refractivity contribution in [2.24, 2.45) is 5.92 Å². The molecule has 2 saturated heterocycles. The van der Waals surface area contributed by atoms with Crippen LogP contribution in [-0.4, -0.2) is 228 Å². The second kappa shape index (κ2) is 34.6. The number of piperidine rings is 1. The SMILES string of the molecule is CCN(CC)CCN(C)C(=O)c1cnc2c(-c3ccccn3)c(N)nn2c1.CN(C)CCNC(=O)c1cnc2c(-c3ccccn3)c(N)nn2c1.CN1CCCC1CCNC(=O)c1cnc2c(-c3ccccn3)c(N)nn2c1.Nc1nn2cc(C(=O)NCC3CCNCC3)cnc2c1-c1ccccn1. The van der Waals surface area contributed by atoms with Gasteiger partial charge >= 0.3 is 0 Å². The number of carbonyl (C=O) groups excluding carboxylic acids is 4. The minimum absolute atomic E-state index is 0.0926. The van der Waals surface area contributed by atoms with Gasteiger partial charge in [-0.15, -0.1) is 20.4 Å². The smallest absolute Gasteiger partial charge is 0.256 e. The molecule has 104 heavy (non-hydrogen) atoms. The van der Waals surface area contributed by atoms with Crippen LogP contribution in [0.2, 0.25) is 0 Å². The number of hydrogen-bond acceptors (Lipinski definition) is 24. The number of amides is 4. The van der Waals surface area contributed by atoms with Gasteiger partial charge in [0, 0.05) is 127 Å². The van der Waals surface area contributed by atoms with E-state index in [2.05, 4.69) is 112 Å². The molecule has 0 spiro atoms. The van der Waals surface area contributed by atoms with Gasteiger partial charge < -0.3 is 63.8 Å². The number of nitrogens with two attached hydrogens (primary N) is 4. The topological polar surface area (TPSA) is 406 Å². The summed E-state index contributed by atoms with van der Waals surface area (Å²) >= 11 is 0. The second-order valence-corrected chi connectivity index (χ2v) is 25.4. The summed E-state index contributed by atoms with van der Waals surface area (Å²) in [7, 11) is 7.84. The molecule has 2 aliphatic rings. The summed E-state index contributed by atoms with van der Waals surface area (Å²) < 4.78 is 6.14. The number of likely N-dealkylation sites (N-methyl/N-ethyl adjacent to an activating group) is 3. The Morgan fingerprint density at radius 1 is 0.490 bits per heavy atom. The van der Waals surface area contributed by atoms with Crippen LogP contribution < -0.4 is 44.2 Å². The Hall–Kier alpha value is -12.0. The van der Waals surface area contributed by atoms with Crippen LogP contribution in [0.4, 0.5) is 23.3 Å². The first-order valence-corrected chi connectivity index (χ1v) is 34.6. The van der Waals surface area contributed by atoms with Gasteiger partial charge in [-0.3, -0.25) is 39.1 Å². The standard InChI is InChI=1S/C19H23N7O.C19H25N7O.C18H21N7O.C16H19N7O/c1-25-10-4-5-14(25)7-9-22-19(27)13-11-23-18-16(15-6-2-3-8-21-15)17(20)24-26(18)12-13;1-4-25(5-2)11-10-24(3)19(27)14-12-22-18-16(15-8-6-7-9-21-15)17(20)23-26(18)13-14;19-16-15(14-3-1-2-6-21-14)17-22-10-13(11-25(17)24-16)18(26)23-9-12-4-7-20-8-5-12;1-22(2)8-7-19-16(24)11-9-20-15-13(12-5-3-4-6-18-12)14(17)21-23(15)10-11/h2-3,6,8,11-12,14H,4-5,7,9-10H2,1H3,(H2,20,24)(H,22,27);6-9,12-13H,4-5,10-11H2,1-3H3,(H2,20,23);1-3,6,10-12,20H,4-5,7-9H2,(H2,19,24)(H,23,26);3-6,9-10H,7-8H2,1-2H3,(H2,17,21)(H,19,24). The predicted molar refractivity (Wildman–Crippen MR) is 399 cm³/mol. The average molecular weight is 1410 g/mol. The van der Waals surface area contributed by atoms with E-state index >= 15 is 0 Å². The maximum Gasteiger partial charge on any atom is 0.256 e. The van der Waals surface area contributed by atoms with Crippen LogP contribution in [0, 0.1) is 5.92 Å². The van der Waals surface area contributed by atoms with E-state index in [4.69, 9.17) is 22.9 Å². The molecule has 32 heteroatoms. The van der Waals surface area contributed by atoms with Crippen LogP contribution in [0.1, 0.15) is 87.4 Å². The van der Waals surface area contributed by atoms with E-state index in [0.29, 0.717) is 151 Å². The van der Waals surface area contributed by atoms with Crippen LogP contribution in [0.15, 0.2) is 147 Å². The fourth-order valence-corrected chi connectivity index (χ4v) is 12.2. The third-order valence-corrected chi connectivity index (χ3v) is 18.0. The van der Waals surface area contributed by atoms with Crippen molar-refractivity contribution in [1.29, 1.82) is 0 Å². The minimum atomic E-state index is -0.195. The molecule has 14 rings (SSSR count). The van der Waals surface area contributed by atoms with E-state index in [1.807, 2.05) is 91.8 Å². The van der Waals surface area contributed by atoms with Crippen molar-refractivity contribution < 1.29 is 19.2 Å². The molecule has 4 amide bonds. The molecule has 0 saturated carbocycles. The maximum atomic E-state index is 12.7. The number of hydrogen-bond donors (Lipinski definition) is 8. The molecule has 12 aromatic heterocycles. The Labute approximate surface area is 600 Å². The molecule has 12 aromatic rings. The highest BCUT2D eigenvalue weighted by Gasteiger charge is 2.25. The van der Waals surface area contributed by atoms with E-state index in [1.54, 1.807) is 93.7 Å². The molecule has 14 heterocycles. The number of pyridine rings is 4. The van der Waals surface area contributed by atoms with Crippen LogP contribution >= 0.6 is 0 Å². The summed E-state index contributed by atoms with van der Waals surface area (Å²) in [6.45, 7) is 13.5. The van der Waals surface area contributed by atoms with Crippen LogP contribution in [0.5, 0.6) is 0 Å². The van der Waals surface area contributed by atoms with Gasteiger partial charge in [0.25, 0.3) is 23.6 Å². The quantitative estimate of drug-likeness (QED) is 0.0461.